The number of pyridine rings is 1. The molecule has 0 aliphatic heterocycles. The summed E-state index contributed by atoms with van der Waals surface area (Å²) in [6, 6.07) is 30.7. The van der Waals surface area contributed by atoms with E-state index in [9.17, 15) is 37.3 Å². The molecule has 0 spiro atoms. The highest BCUT2D eigenvalue weighted by molar-refractivity contribution is 6.35. The number of benzene rings is 5. The van der Waals surface area contributed by atoms with E-state index in [1.807, 2.05) is 25.1 Å². The number of halogens is 6. The number of rotatable bonds is 8. The van der Waals surface area contributed by atoms with Gasteiger partial charge in [-0.05, 0) is 91.3 Å². The highest BCUT2D eigenvalue weighted by Gasteiger charge is 2.30. The monoisotopic (exact) mass is 852 g/mol. The van der Waals surface area contributed by atoms with Crippen molar-refractivity contribution in [3.05, 3.63) is 170 Å². The summed E-state index contributed by atoms with van der Waals surface area (Å²) >= 11 is 11.8. The topological polar surface area (TPSA) is 162 Å². The number of carbonyl (C=O) groups is 2. The summed E-state index contributed by atoms with van der Waals surface area (Å²) in [6.07, 6.45) is -4.50. The molecular formula is C41H34Cl2F4N6O6. The summed E-state index contributed by atoms with van der Waals surface area (Å²) in [6.45, 7) is 1.92. The number of urea groups is 1. The normalized spacial score (nSPS) is 10.5. The van der Waals surface area contributed by atoms with Gasteiger partial charge in [0.1, 0.15) is 39.5 Å². The second kappa shape index (κ2) is 20.5. The Morgan fingerprint density at radius 2 is 1.44 bits per heavy atom. The molecule has 0 fully saturated rings. The van der Waals surface area contributed by atoms with Crippen molar-refractivity contribution >= 4 is 57.9 Å². The van der Waals surface area contributed by atoms with Gasteiger partial charge in [-0.1, -0.05) is 59.6 Å². The van der Waals surface area contributed by atoms with Crippen LogP contribution in [0.25, 0.3) is 0 Å². The predicted molar refractivity (Wildman–Crippen MR) is 218 cm³/mol. The number of nitro benzene ring substituents is 1. The number of nitrogen functional groups attached to an aromatic ring is 1. The van der Waals surface area contributed by atoms with Crippen LogP contribution in [0.5, 0.6) is 23.1 Å². The number of anilines is 3. The molecule has 0 saturated heterocycles. The number of nitrogens with two attached hydrogens (primary N) is 1. The number of aryl methyl sites for hydroxylation is 1. The van der Waals surface area contributed by atoms with Crippen LogP contribution in [0.1, 0.15) is 21.6 Å². The van der Waals surface area contributed by atoms with Crippen LogP contribution in [0, 0.1) is 22.9 Å². The van der Waals surface area contributed by atoms with E-state index in [0.29, 0.717) is 22.1 Å². The van der Waals surface area contributed by atoms with Crippen molar-refractivity contribution in [3.8, 4) is 23.1 Å². The van der Waals surface area contributed by atoms with E-state index >= 15 is 0 Å². The molecule has 6 aromatic rings. The predicted octanol–water partition coefficient (Wildman–Crippen LogP) is 11.6. The van der Waals surface area contributed by atoms with Crippen LogP contribution in [-0.4, -0.2) is 40.8 Å². The van der Waals surface area contributed by atoms with E-state index in [1.54, 1.807) is 44.4 Å². The van der Waals surface area contributed by atoms with Gasteiger partial charge in [0.2, 0.25) is 5.88 Å². The Morgan fingerprint density at radius 3 is 2.07 bits per heavy atom. The average Bonchev–Trinajstić information content (AvgIpc) is 3.19. The van der Waals surface area contributed by atoms with Crippen molar-refractivity contribution < 1.29 is 41.5 Å². The molecule has 6 rings (SSSR count). The summed E-state index contributed by atoms with van der Waals surface area (Å²) < 4.78 is 62.0. The zero-order chi connectivity index (χ0) is 43.3. The van der Waals surface area contributed by atoms with E-state index in [2.05, 4.69) is 15.6 Å². The lowest BCUT2D eigenvalue weighted by molar-refractivity contribution is -0.383. The lowest BCUT2D eigenvalue weighted by atomic mass is 10.2. The maximum absolute atomic E-state index is 12.9. The third kappa shape index (κ3) is 13.6. The zero-order valence-electron chi connectivity index (χ0n) is 31.3. The molecular weight excluding hydrogens is 819 g/mol. The van der Waals surface area contributed by atoms with Gasteiger partial charge in [0.05, 0.1) is 10.5 Å². The molecule has 59 heavy (non-hydrogen) atoms. The first-order valence-electron chi connectivity index (χ1n) is 17.0. The first kappa shape index (κ1) is 44.8. The summed E-state index contributed by atoms with van der Waals surface area (Å²) in [7, 11) is 3.37. The highest BCUT2D eigenvalue weighted by Crippen LogP contribution is 2.39. The zero-order valence-corrected chi connectivity index (χ0v) is 32.8. The molecule has 12 nitrogen and oxygen atoms in total. The van der Waals surface area contributed by atoms with E-state index in [1.165, 1.54) is 71.6 Å². The third-order valence-electron chi connectivity index (χ3n) is 7.56. The fraction of sp³-hybridized carbons (Fsp3) is 0.0976. The lowest BCUT2D eigenvalue weighted by Gasteiger charge is -2.12. The first-order chi connectivity index (χ1) is 27.9. The summed E-state index contributed by atoms with van der Waals surface area (Å²) in [5, 5.41) is 16.6. The summed E-state index contributed by atoms with van der Waals surface area (Å²) in [4.78, 5) is 39.0. The Labute approximate surface area is 345 Å². The number of para-hydroxylation sites is 1. The number of alkyl halides is 3. The molecule has 0 unspecified atom stereocenters. The first-order valence-corrected chi connectivity index (χ1v) is 17.8. The minimum Gasteiger partial charge on any atom is -0.456 e. The van der Waals surface area contributed by atoms with Gasteiger partial charge < -0.3 is 30.7 Å². The van der Waals surface area contributed by atoms with Crippen molar-refractivity contribution in [1.29, 1.82) is 0 Å². The van der Waals surface area contributed by atoms with Crippen LogP contribution in [0.4, 0.5) is 45.1 Å². The van der Waals surface area contributed by atoms with Crippen molar-refractivity contribution in [3.63, 3.8) is 0 Å². The molecule has 5 aromatic carbocycles. The molecule has 1 heterocycles. The average molecular weight is 854 g/mol. The second-order valence-electron chi connectivity index (χ2n) is 12.2. The van der Waals surface area contributed by atoms with Gasteiger partial charge in [0.15, 0.2) is 0 Å². The highest BCUT2D eigenvalue weighted by atomic mass is 35.5. The maximum atomic E-state index is 12.9. The van der Waals surface area contributed by atoms with E-state index in [-0.39, 0.29) is 45.5 Å². The fourth-order valence-electron chi connectivity index (χ4n) is 4.51. The molecule has 0 saturated carbocycles. The van der Waals surface area contributed by atoms with Gasteiger partial charge in [-0.25, -0.2) is 14.2 Å². The van der Waals surface area contributed by atoms with Gasteiger partial charge in [-0.2, -0.15) is 13.2 Å². The maximum Gasteiger partial charge on any atom is 0.416 e. The molecule has 0 atom stereocenters. The number of carbonyl (C=O) groups excluding carboxylic acids is 2. The Morgan fingerprint density at radius 1 is 0.797 bits per heavy atom. The standard InChI is InChI=1S/C19H12F4N2O2.C12H9ClN2O3.C10H13ClN2O/c20-13-7-9-14(10-8-13)24-18(26)16-5-2-6-17(25-16)27-15-4-1-3-12(11-15)19(21,22)23;13-11-10(18-8-4-2-1-3-5-8)7-6-9(12(11)14)15(16)17;1-7-4-5-8(6-9(7)11)12-10(14)13(2)3/h1-11H,(H,24,26);1-7H,14H2;4-6H,1-3H3,(H,12,14). The van der Waals surface area contributed by atoms with Crippen molar-refractivity contribution in [2.75, 3.05) is 30.5 Å². The molecule has 1 aromatic heterocycles. The number of amides is 3. The quantitative estimate of drug-likeness (QED) is 0.0590. The molecule has 18 heteroatoms. The molecule has 0 radical (unpaired) electrons. The van der Waals surface area contributed by atoms with E-state index in [4.69, 9.17) is 38.4 Å². The molecule has 0 aliphatic carbocycles. The van der Waals surface area contributed by atoms with Crippen LogP contribution in [0.2, 0.25) is 10.0 Å². The van der Waals surface area contributed by atoms with Crippen molar-refractivity contribution in [2.24, 2.45) is 0 Å². The molecule has 306 valence electrons. The van der Waals surface area contributed by atoms with Gasteiger partial charge in [-0.3, -0.25) is 14.9 Å². The number of nitro groups is 1. The Balaban J connectivity index is 0.000000208. The van der Waals surface area contributed by atoms with Gasteiger partial charge in [0.25, 0.3) is 11.6 Å². The van der Waals surface area contributed by atoms with Crippen LogP contribution in [0.3, 0.4) is 0 Å². The Bertz CT molecular complexity index is 2410. The van der Waals surface area contributed by atoms with E-state index < -0.39 is 28.4 Å². The minimum atomic E-state index is -4.50. The third-order valence-corrected chi connectivity index (χ3v) is 8.36. The van der Waals surface area contributed by atoms with Crippen LogP contribution >= 0.6 is 23.2 Å². The lowest BCUT2D eigenvalue weighted by Crippen LogP contribution is -2.27. The second-order valence-corrected chi connectivity index (χ2v) is 13.0. The van der Waals surface area contributed by atoms with Gasteiger partial charge in [-0.15, -0.1) is 0 Å². The van der Waals surface area contributed by atoms with Crippen molar-refractivity contribution in [1.82, 2.24) is 9.88 Å². The summed E-state index contributed by atoms with van der Waals surface area (Å²) in [5.41, 5.74) is 6.45. The summed E-state index contributed by atoms with van der Waals surface area (Å²) in [5.74, 6) is -0.258. The number of nitrogens with one attached hydrogen (secondary N) is 2. The van der Waals surface area contributed by atoms with Crippen molar-refractivity contribution in [2.45, 2.75) is 13.1 Å². The number of ether oxygens (including phenoxy) is 2. The van der Waals surface area contributed by atoms with Gasteiger partial charge >= 0.3 is 12.2 Å². The SMILES string of the molecule is Cc1ccc(NC(=O)N(C)C)cc1Cl.Nc1c([N+](=O)[O-])ccc(Oc2ccccc2)c1Cl.O=C(Nc1ccc(F)cc1)c1cccc(Oc2cccc(C(F)(F)F)c2)n1. The van der Waals surface area contributed by atoms with Crippen LogP contribution < -0.4 is 25.8 Å². The number of hydrogen-bond acceptors (Lipinski definition) is 8. The number of aromatic nitrogens is 1. The van der Waals surface area contributed by atoms with Gasteiger partial charge in [0, 0.05) is 42.6 Å². The minimum absolute atomic E-state index is 0.0104. The Hall–Kier alpha value is -6.91. The molecule has 4 N–H and O–H groups in total. The number of nitrogens with zero attached hydrogens (tertiary/aromatic N) is 3. The van der Waals surface area contributed by atoms with Crippen LogP contribution in [-0.2, 0) is 6.18 Å². The molecule has 0 aliphatic rings. The number of hydrogen-bond donors (Lipinski definition) is 3. The fourth-order valence-corrected chi connectivity index (χ4v) is 4.88. The Kier molecular flexibility index (Phi) is 15.6. The van der Waals surface area contributed by atoms with E-state index in [0.717, 1.165) is 17.7 Å². The van der Waals surface area contributed by atoms with Crippen LogP contribution in [0.15, 0.2) is 127 Å². The molecule has 0 bridgehead atoms. The largest absolute Gasteiger partial charge is 0.456 e. The molecule has 3 amide bonds. The smallest absolute Gasteiger partial charge is 0.416 e.